The van der Waals surface area contributed by atoms with E-state index in [1.165, 1.54) is 30.5 Å². The number of hydrogen-bond acceptors (Lipinski definition) is 4. The normalized spacial score (nSPS) is 10.1. The lowest BCUT2D eigenvalue weighted by atomic mass is 10.1. The van der Waals surface area contributed by atoms with Gasteiger partial charge in [-0.15, -0.1) is 0 Å². The van der Waals surface area contributed by atoms with E-state index >= 15 is 0 Å². The second-order valence-electron chi connectivity index (χ2n) is 3.94. The van der Waals surface area contributed by atoms with E-state index in [0.717, 1.165) is 0 Å². The molecular weight excluding hydrogens is 282 g/mol. The summed E-state index contributed by atoms with van der Waals surface area (Å²) in [6, 6.07) is 9.18. The molecule has 1 aromatic heterocycles. The first-order chi connectivity index (χ1) is 9.56. The fraction of sp³-hybridized carbons (Fsp3) is 0.0714. The molecule has 1 N–H and O–H groups in total. The molecule has 0 fully saturated rings. The molecule has 0 atom stereocenters. The fourth-order valence-corrected chi connectivity index (χ4v) is 1.63. The standard InChI is InChI=1S/C14H10ClNO4/c15-11-4-5-12(16-7-11)14(19)20-8-9-2-1-3-10(6-9)13(17)18/h1-7H,8H2,(H,17,18). The van der Waals surface area contributed by atoms with Gasteiger partial charge in [-0.2, -0.15) is 0 Å². The smallest absolute Gasteiger partial charge is 0.357 e. The molecule has 1 heterocycles. The molecule has 102 valence electrons. The SMILES string of the molecule is O=C(O)c1cccc(COC(=O)c2ccc(Cl)cn2)c1. The van der Waals surface area contributed by atoms with Crippen molar-refractivity contribution in [2.75, 3.05) is 0 Å². The lowest BCUT2D eigenvalue weighted by Crippen LogP contribution is -2.07. The Bertz CT molecular complexity index is 640. The summed E-state index contributed by atoms with van der Waals surface area (Å²) < 4.78 is 5.05. The van der Waals surface area contributed by atoms with Gasteiger partial charge in [0.1, 0.15) is 12.3 Å². The molecule has 0 bridgehead atoms. The highest BCUT2D eigenvalue weighted by molar-refractivity contribution is 6.30. The van der Waals surface area contributed by atoms with Crippen LogP contribution < -0.4 is 0 Å². The van der Waals surface area contributed by atoms with Crippen LogP contribution in [0, 0.1) is 0 Å². The van der Waals surface area contributed by atoms with E-state index in [0.29, 0.717) is 10.6 Å². The van der Waals surface area contributed by atoms with Crippen molar-refractivity contribution < 1.29 is 19.4 Å². The number of hydrogen-bond donors (Lipinski definition) is 1. The summed E-state index contributed by atoms with van der Waals surface area (Å²) in [6.45, 7) is -0.0236. The van der Waals surface area contributed by atoms with Crippen molar-refractivity contribution in [1.29, 1.82) is 0 Å². The number of aromatic nitrogens is 1. The number of nitrogens with zero attached hydrogens (tertiary/aromatic N) is 1. The number of esters is 1. The van der Waals surface area contributed by atoms with Crippen LogP contribution in [0.15, 0.2) is 42.6 Å². The Morgan fingerprint density at radius 1 is 1.25 bits per heavy atom. The lowest BCUT2D eigenvalue weighted by molar-refractivity contribution is 0.0466. The van der Waals surface area contributed by atoms with Crippen molar-refractivity contribution in [2.45, 2.75) is 6.61 Å². The molecule has 0 aliphatic rings. The van der Waals surface area contributed by atoms with E-state index in [-0.39, 0.29) is 17.9 Å². The highest BCUT2D eigenvalue weighted by atomic mass is 35.5. The topological polar surface area (TPSA) is 76.5 Å². The molecule has 0 amide bonds. The van der Waals surface area contributed by atoms with Crippen molar-refractivity contribution >= 4 is 23.5 Å². The number of pyridine rings is 1. The van der Waals surface area contributed by atoms with Gasteiger partial charge in [-0.05, 0) is 29.8 Å². The highest BCUT2D eigenvalue weighted by Gasteiger charge is 2.09. The minimum atomic E-state index is -1.03. The molecule has 2 rings (SSSR count). The van der Waals surface area contributed by atoms with Gasteiger partial charge in [0.25, 0.3) is 0 Å². The predicted molar refractivity (Wildman–Crippen MR) is 71.8 cm³/mol. The number of ether oxygens (including phenoxy) is 1. The fourth-order valence-electron chi connectivity index (χ4n) is 1.51. The molecule has 6 heteroatoms. The third-order valence-electron chi connectivity index (χ3n) is 2.48. The van der Waals surface area contributed by atoms with Crippen LogP contribution in [0.3, 0.4) is 0 Å². The lowest BCUT2D eigenvalue weighted by Gasteiger charge is -2.05. The van der Waals surface area contributed by atoms with Crippen LogP contribution in [0.25, 0.3) is 0 Å². The number of aromatic carboxylic acids is 1. The molecule has 0 saturated carbocycles. The van der Waals surface area contributed by atoms with E-state index in [4.69, 9.17) is 21.4 Å². The molecule has 1 aromatic carbocycles. The van der Waals surface area contributed by atoms with E-state index in [9.17, 15) is 9.59 Å². The summed E-state index contributed by atoms with van der Waals surface area (Å²) in [5, 5.41) is 9.29. The zero-order valence-electron chi connectivity index (χ0n) is 10.2. The Balaban J connectivity index is 2.01. The molecule has 0 aliphatic carbocycles. The van der Waals surface area contributed by atoms with Crippen molar-refractivity contribution in [2.24, 2.45) is 0 Å². The Morgan fingerprint density at radius 3 is 2.70 bits per heavy atom. The number of rotatable bonds is 4. The Morgan fingerprint density at radius 2 is 2.05 bits per heavy atom. The van der Waals surface area contributed by atoms with Crippen LogP contribution in [-0.4, -0.2) is 22.0 Å². The quantitative estimate of drug-likeness (QED) is 0.877. The second kappa shape index (κ2) is 6.16. The zero-order chi connectivity index (χ0) is 14.5. The van der Waals surface area contributed by atoms with Crippen LogP contribution in [0.1, 0.15) is 26.4 Å². The molecule has 0 unspecified atom stereocenters. The first-order valence-electron chi connectivity index (χ1n) is 5.67. The molecule has 0 spiro atoms. The number of carboxylic acids is 1. The molecule has 5 nitrogen and oxygen atoms in total. The first kappa shape index (κ1) is 14.0. The highest BCUT2D eigenvalue weighted by Crippen LogP contribution is 2.10. The van der Waals surface area contributed by atoms with Crippen LogP contribution in [-0.2, 0) is 11.3 Å². The number of benzene rings is 1. The number of halogens is 1. The first-order valence-corrected chi connectivity index (χ1v) is 6.05. The molecule has 2 aromatic rings. The average Bonchev–Trinajstić information content (AvgIpc) is 2.46. The van der Waals surface area contributed by atoms with Crippen molar-refractivity contribution in [3.63, 3.8) is 0 Å². The second-order valence-corrected chi connectivity index (χ2v) is 4.38. The number of carboxylic acid groups (broad SMARTS) is 1. The average molecular weight is 292 g/mol. The van der Waals surface area contributed by atoms with Gasteiger partial charge in [0, 0.05) is 6.20 Å². The van der Waals surface area contributed by atoms with Crippen molar-refractivity contribution in [3.8, 4) is 0 Å². The van der Waals surface area contributed by atoms with E-state index < -0.39 is 11.9 Å². The largest absolute Gasteiger partial charge is 0.478 e. The summed E-state index contributed by atoms with van der Waals surface area (Å²) in [5.74, 6) is -1.63. The Hall–Kier alpha value is -2.40. The summed E-state index contributed by atoms with van der Waals surface area (Å²) >= 11 is 5.67. The van der Waals surface area contributed by atoms with E-state index in [1.54, 1.807) is 12.1 Å². The molecule has 0 aliphatic heterocycles. The molecule has 0 saturated heterocycles. The number of carbonyl (C=O) groups is 2. The minimum absolute atomic E-state index is 0.0236. The van der Waals surface area contributed by atoms with Gasteiger partial charge in [0.05, 0.1) is 10.6 Å². The molecule has 20 heavy (non-hydrogen) atoms. The maximum Gasteiger partial charge on any atom is 0.357 e. The van der Waals surface area contributed by atoms with Gasteiger partial charge in [-0.1, -0.05) is 23.7 Å². The van der Waals surface area contributed by atoms with Crippen LogP contribution in [0.4, 0.5) is 0 Å². The van der Waals surface area contributed by atoms with Crippen LogP contribution >= 0.6 is 11.6 Å². The summed E-state index contributed by atoms with van der Waals surface area (Å²) in [7, 11) is 0. The molecule has 0 radical (unpaired) electrons. The zero-order valence-corrected chi connectivity index (χ0v) is 11.0. The summed E-state index contributed by atoms with van der Waals surface area (Å²) in [6.07, 6.45) is 1.35. The maximum absolute atomic E-state index is 11.7. The van der Waals surface area contributed by atoms with Gasteiger partial charge in [0.2, 0.25) is 0 Å². The van der Waals surface area contributed by atoms with Gasteiger partial charge in [-0.25, -0.2) is 14.6 Å². The van der Waals surface area contributed by atoms with Gasteiger partial charge in [-0.3, -0.25) is 0 Å². The predicted octanol–water partition coefficient (Wildman–Crippen LogP) is 2.79. The summed E-state index contributed by atoms with van der Waals surface area (Å²) in [4.78, 5) is 26.4. The summed E-state index contributed by atoms with van der Waals surface area (Å²) in [5.41, 5.74) is 0.874. The van der Waals surface area contributed by atoms with Crippen molar-refractivity contribution in [1.82, 2.24) is 4.98 Å². The Kier molecular flexibility index (Phi) is 4.32. The monoisotopic (exact) mass is 291 g/mol. The third-order valence-corrected chi connectivity index (χ3v) is 2.70. The van der Waals surface area contributed by atoms with Gasteiger partial charge >= 0.3 is 11.9 Å². The maximum atomic E-state index is 11.7. The Labute approximate surface area is 119 Å². The molecular formula is C14H10ClNO4. The van der Waals surface area contributed by atoms with Gasteiger partial charge in [0.15, 0.2) is 0 Å². The van der Waals surface area contributed by atoms with E-state index in [1.807, 2.05) is 0 Å². The third kappa shape index (κ3) is 3.55. The van der Waals surface area contributed by atoms with Crippen LogP contribution in [0.2, 0.25) is 5.02 Å². The van der Waals surface area contributed by atoms with Crippen LogP contribution in [0.5, 0.6) is 0 Å². The minimum Gasteiger partial charge on any atom is -0.478 e. The van der Waals surface area contributed by atoms with Crippen molar-refractivity contribution in [3.05, 3.63) is 64.4 Å². The number of carbonyl (C=O) groups excluding carboxylic acids is 1. The van der Waals surface area contributed by atoms with E-state index in [2.05, 4.69) is 4.98 Å². The van der Waals surface area contributed by atoms with Gasteiger partial charge < -0.3 is 9.84 Å².